The molecule has 1 N–H and O–H groups in total. The predicted octanol–water partition coefficient (Wildman–Crippen LogP) is 3.74. The van der Waals surface area contributed by atoms with E-state index in [4.69, 9.17) is 9.26 Å². The van der Waals surface area contributed by atoms with Crippen LogP contribution < -0.4 is 10.1 Å². The smallest absolute Gasteiger partial charge is 0.265 e. The second kappa shape index (κ2) is 8.28. The van der Waals surface area contributed by atoms with Gasteiger partial charge in [-0.05, 0) is 43.7 Å². The lowest BCUT2D eigenvalue weighted by Gasteiger charge is -2.09. The van der Waals surface area contributed by atoms with Crippen LogP contribution in [0.4, 0.5) is 4.39 Å². The molecule has 0 radical (unpaired) electrons. The number of hydrogen-bond donors (Lipinski definition) is 1. The molecule has 0 aliphatic rings. The summed E-state index contributed by atoms with van der Waals surface area (Å²) >= 11 is 0. The second-order valence-electron chi connectivity index (χ2n) is 6.85. The summed E-state index contributed by atoms with van der Waals surface area (Å²) < 4.78 is 24.2. The summed E-state index contributed by atoms with van der Waals surface area (Å²) in [5.41, 5.74) is 3.40. The van der Waals surface area contributed by atoms with Crippen molar-refractivity contribution in [2.45, 2.75) is 20.4 Å². The molecule has 4 aromatic rings. The summed E-state index contributed by atoms with van der Waals surface area (Å²) in [7, 11) is 0. The summed E-state index contributed by atoms with van der Waals surface area (Å²) in [6, 6.07) is 13.7. The molecule has 0 aliphatic heterocycles. The standard InChI is InChI=1S/C22H19FN4O3/c1-13-4-3-5-15(10-13)11-24-18(28)12-29-21-19-20(16-6-8-17(23)9-7-16)27-30-22(19)26-14(2)25-21/h3-10H,11-12H2,1-2H3,(H,24,28). The lowest BCUT2D eigenvalue weighted by Crippen LogP contribution is -2.28. The van der Waals surface area contributed by atoms with Crippen molar-refractivity contribution in [1.82, 2.24) is 20.4 Å². The minimum Gasteiger partial charge on any atom is -0.467 e. The van der Waals surface area contributed by atoms with Crippen LogP contribution in [0.25, 0.3) is 22.4 Å². The van der Waals surface area contributed by atoms with Crippen LogP contribution in [0, 0.1) is 19.7 Å². The molecule has 0 atom stereocenters. The zero-order chi connectivity index (χ0) is 21.1. The van der Waals surface area contributed by atoms with Crippen molar-refractivity contribution in [1.29, 1.82) is 0 Å². The van der Waals surface area contributed by atoms with Gasteiger partial charge in [0.2, 0.25) is 5.88 Å². The highest BCUT2D eigenvalue weighted by atomic mass is 19.1. The molecule has 0 saturated carbocycles. The number of nitrogens with zero attached hydrogens (tertiary/aromatic N) is 3. The number of halogens is 1. The molecule has 0 bridgehead atoms. The van der Waals surface area contributed by atoms with E-state index < -0.39 is 0 Å². The summed E-state index contributed by atoms with van der Waals surface area (Å²) in [6.45, 7) is 3.85. The molecule has 2 aromatic carbocycles. The van der Waals surface area contributed by atoms with Gasteiger partial charge in [0.25, 0.3) is 11.6 Å². The predicted molar refractivity (Wildman–Crippen MR) is 108 cm³/mol. The van der Waals surface area contributed by atoms with Gasteiger partial charge in [-0.15, -0.1) is 0 Å². The molecule has 8 heteroatoms. The summed E-state index contributed by atoms with van der Waals surface area (Å²) in [6.07, 6.45) is 0. The van der Waals surface area contributed by atoms with Crippen molar-refractivity contribution in [3.05, 3.63) is 71.3 Å². The molecule has 0 spiro atoms. The number of aryl methyl sites for hydroxylation is 2. The quantitative estimate of drug-likeness (QED) is 0.525. The van der Waals surface area contributed by atoms with Gasteiger partial charge in [0.05, 0.1) is 0 Å². The average molecular weight is 406 g/mol. The second-order valence-corrected chi connectivity index (χ2v) is 6.85. The Balaban J connectivity index is 1.52. The molecule has 7 nitrogen and oxygen atoms in total. The maximum absolute atomic E-state index is 13.3. The van der Waals surface area contributed by atoms with Crippen molar-refractivity contribution in [2.24, 2.45) is 0 Å². The van der Waals surface area contributed by atoms with Gasteiger partial charge >= 0.3 is 0 Å². The lowest BCUT2D eigenvalue weighted by molar-refractivity contribution is -0.123. The zero-order valence-corrected chi connectivity index (χ0v) is 16.5. The van der Waals surface area contributed by atoms with E-state index in [2.05, 4.69) is 20.4 Å². The number of aromatic nitrogens is 3. The van der Waals surface area contributed by atoms with E-state index in [0.29, 0.717) is 29.0 Å². The molecule has 0 saturated heterocycles. The number of amides is 1. The third-order valence-corrected chi connectivity index (χ3v) is 4.44. The molecule has 0 unspecified atom stereocenters. The van der Waals surface area contributed by atoms with Gasteiger partial charge in [0.15, 0.2) is 6.61 Å². The number of benzene rings is 2. The Morgan fingerprint density at radius 3 is 2.70 bits per heavy atom. The van der Waals surface area contributed by atoms with Crippen molar-refractivity contribution in [3.63, 3.8) is 0 Å². The molecule has 2 aromatic heterocycles. The van der Waals surface area contributed by atoms with Crippen molar-refractivity contribution in [3.8, 4) is 17.1 Å². The number of carbonyl (C=O) groups excluding carboxylic acids is 1. The van der Waals surface area contributed by atoms with Crippen LogP contribution in [-0.4, -0.2) is 27.6 Å². The topological polar surface area (TPSA) is 90.1 Å². The first-order valence-electron chi connectivity index (χ1n) is 9.34. The molecule has 1 amide bonds. The van der Waals surface area contributed by atoms with Gasteiger partial charge in [-0.2, -0.15) is 9.97 Å². The van der Waals surface area contributed by atoms with E-state index in [1.54, 1.807) is 19.1 Å². The Kier molecular flexibility index (Phi) is 5.38. The Morgan fingerprint density at radius 2 is 1.93 bits per heavy atom. The van der Waals surface area contributed by atoms with Crippen molar-refractivity contribution < 1.29 is 18.4 Å². The summed E-state index contributed by atoms with van der Waals surface area (Å²) in [4.78, 5) is 20.8. The fourth-order valence-corrected chi connectivity index (χ4v) is 3.04. The van der Waals surface area contributed by atoms with Gasteiger partial charge in [-0.1, -0.05) is 35.0 Å². The first-order valence-corrected chi connectivity index (χ1v) is 9.34. The van der Waals surface area contributed by atoms with Crippen LogP contribution >= 0.6 is 0 Å². The highest BCUT2D eigenvalue weighted by Crippen LogP contribution is 2.33. The highest BCUT2D eigenvalue weighted by molar-refractivity contribution is 5.93. The highest BCUT2D eigenvalue weighted by Gasteiger charge is 2.20. The molecule has 2 heterocycles. The third-order valence-electron chi connectivity index (χ3n) is 4.44. The number of fused-ring (bicyclic) bond motifs is 1. The molecular formula is C22H19FN4O3. The Morgan fingerprint density at radius 1 is 1.13 bits per heavy atom. The fourth-order valence-electron chi connectivity index (χ4n) is 3.04. The van der Waals surface area contributed by atoms with Gasteiger partial charge in [-0.3, -0.25) is 4.79 Å². The first kappa shape index (κ1) is 19.5. The fraction of sp³-hybridized carbons (Fsp3) is 0.182. The summed E-state index contributed by atoms with van der Waals surface area (Å²) in [5.74, 6) is -0.0515. The number of carbonyl (C=O) groups is 1. The van der Waals surface area contributed by atoms with Gasteiger partial charge < -0.3 is 14.6 Å². The van der Waals surface area contributed by atoms with Crippen LogP contribution in [0.5, 0.6) is 5.88 Å². The normalized spacial score (nSPS) is 10.9. The van der Waals surface area contributed by atoms with Crippen LogP contribution in [0.2, 0.25) is 0 Å². The van der Waals surface area contributed by atoms with Crippen molar-refractivity contribution >= 4 is 17.0 Å². The number of hydrogen-bond acceptors (Lipinski definition) is 6. The molecule has 4 rings (SSSR count). The molecule has 152 valence electrons. The Labute approximate surface area is 171 Å². The average Bonchev–Trinajstić information content (AvgIpc) is 3.15. The van der Waals surface area contributed by atoms with Gasteiger partial charge in [-0.25, -0.2) is 4.39 Å². The van der Waals surface area contributed by atoms with Crippen LogP contribution in [0.15, 0.2) is 53.1 Å². The number of ether oxygens (including phenoxy) is 1. The van der Waals surface area contributed by atoms with Gasteiger partial charge in [0.1, 0.15) is 22.7 Å². The zero-order valence-electron chi connectivity index (χ0n) is 16.5. The van der Waals surface area contributed by atoms with E-state index >= 15 is 0 Å². The van der Waals surface area contributed by atoms with Crippen LogP contribution in [-0.2, 0) is 11.3 Å². The first-order chi connectivity index (χ1) is 14.5. The Bertz CT molecular complexity index is 1200. The maximum Gasteiger partial charge on any atom is 0.265 e. The SMILES string of the molecule is Cc1cccc(CNC(=O)COc2nc(C)nc3onc(-c4ccc(F)cc4)c23)c1. The lowest BCUT2D eigenvalue weighted by atomic mass is 10.1. The number of rotatable bonds is 6. The molecular weight excluding hydrogens is 387 g/mol. The molecule has 0 fully saturated rings. The van der Waals surface area contributed by atoms with E-state index in [9.17, 15) is 9.18 Å². The summed E-state index contributed by atoms with van der Waals surface area (Å²) in [5, 5.41) is 7.27. The largest absolute Gasteiger partial charge is 0.467 e. The van der Waals surface area contributed by atoms with Crippen LogP contribution in [0.3, 0.4) is 0 Å². The number of nitrogens with one attached hydrogen (secondary N) is 1. The molecule has 0 aliphatic carbocycles. The minimum absolute atomic E-state index is 0.184. The van der Waals surface area contributed by atoms with E-state index in [1.165, 1.54) is 12.1 Å². The van der Waals surface area contributed by atoms with E-state index in [1.807, 2.05) is 31.2 Å². The third kappa shape index (κ3) is 4.27. The Hall–Kier alpha value is -3.81. The van der Waals surface area contributed by atoms with Gasteiger partial charge in [0, 0.05) is 12.1 Å². The van der Waals surface area contributed by atoms with E-state index in [0.717, 1.165) is 11.1 Å². The molecule has 30 heavy (non-hydrogen) atoms. The van der Waals surface area contributed by atoms with Crippen molar-refractivity contribution in [2.75, 3.05) is 6.61 Å². The maximum atomic E-state index is 13.3. The van der Waals surface area contributed by atoms with Crippen LogP contribution in [0.1, 0.15) is 17.0 Å². The monoisotopic (exact) mass is 406 g/mol. The minimum atomic E-state index is -0.361. The van der Waals surface area contributed by atoms with E-state index in [-0.39, 0.29) is 29.9 Å².